The highest BCUT2D eigenvalue weighted by atomic mass is 35.5. The van der Waals surface area contributed by atoms with E-state index in [4.69, 9.17) is 27.9 Å². The summed E-state index contributed by atoms with van der Waals surface area (Å²) in [7, 11) is 0. The Morgan fingerprint density at radius 2 is 2.16 bits per heavy atom. The molecule has 1 heterocycles. The Kier molecular flexibility index (Phi) is 5.63. The minimum absolute atomic E-state index is 0.254. The van der Waals surface area contributed by atoms with Gasteiger partial charge in [0.05, 0.1) is 5.02 Å². The molecule has 6 heteroatoms. The third-order valence-electron chi connectivity index (χ3n) is 1.94. The monoisotopic (exact) mass is 302 g/mol. The minimum atomic E-state index is -0.504. The van der Waals surface area contributed by atoms with Crippen molar-refractivity contribution in [1.29, 1.82) is 0 Å². The molecule has 104 valence electrons. The lowest BCUT2D eigenvalue weighted by Gasteiger charge is -2.19. The van der Waals surface area contributed by atoms with Gasteiger partial charge < -0.3 is 10.1 Å². The van der Waals surface area contributed by atoms with Crippen molar-refractivity contribution in [2.45, 2.75) is 26.4 Å². The number of rotatable bonds is 3. The number of aromatic nitrogens is 1. The van der Waals surface area contributed by atoms with Crippen molar-refractivity contribution >= 4 is 35.4 Å². The Morgan fingerprint density at radius 1 is 1.47 bits per heavy atom. The lowest BCUT2D eigenvalue weighted by Crippen LogP contribution is -2.32. The van der Waals surface area contributed by atoms with Crippen molar-refractivity contribution in [3.05, 3.63) is 34.1 Å². The Hall–Kier alpha value is -1.26. The van der Waals surface area contributed by atoms with E-state index in [0.717, 1.165) is 5.56 Å². The molecule has 1 aromatic rings. The first-order valence-corrected chi connectivity index (χ1v) is 6.48. The highest BCUT2D eigenvalue weighted by Gasteiger charge is 2.14. The molecule has 0 fully saturated rings. The smallest absolute Gasteiger partial charge is 0.407 e. The van der Waals surface area contributed by atoms with Gasteiger partial charge in [0.1, 0.15) is 10.8 Å². The zero-order valence-electron chi connectivity index (χ0n) is 11.0. The van der Waals surface area contributed by atoms with Gasteiger partial charge in [-0.25, -0.2) is 9.78 Å². The predicted octanol–water partition coefficient (Wildman–Crippen LogP) is 3.93. The van der Waals surface area contributed by atoms with Gasteiger partial charge in [0.2, 0.25) is 0 Å². The van der Waals surface area contributed by atoms with Gasteiger partial charge >= 0.3 is 6.09 Å². The molecule has 0 saturated heterocycles. The molecule has 0 aliphatic rings. The average molecular weight is 303 g/mol. The number of halogens is 2. The molecule has 0 bridgehead atoms. The number of nitrogens with one attached hydrogen (secondary N) is 1. The van der Waals surface area contributed by atoms with Gasteiger partial charge in [0.15, 0.2) is 0 Å². The van der Waals surface area contributed by atoms with Crippen molar-refractivity contribution in [2.24, 2.45) is 0 Å². The third-order valence-corrected chi connectivity index (χ3v) is 2.72. The number of carbonyl (C=O) groups excluding carboxylic acids is 1. The number of alkyl carbamates (subject to hydrolysis) is 1. The molecule has 0 aliphatic carbocycles. The SMILES string of the molecule is CC(C)(C)OC(=O)NCC=Cc1ccnc(Cl)c1Cl. The van der Waals surface area contributed by atoms with Crippen LogP contribution in [0.1, 0.15) is 26.3 Å². The average Bonchev–Trinajstić information content (AvgIpc) is 2.27. The molecule has 0 aliphatic heterocycles. The fourth-order valence-corrected chi connectivity index (χ4v) is 1.54. The number of amides is 1. The van der Waals surface area contributed by atoms with Crippen molar-refractivity contribution < 1.29 is 9.53 Å². The normalized spacial score (nSPS) is 11.6. The molecule has 1 amide bonds. The van der Waals surface area contributed by atoms with Gasteiger partial charge in [-0.1, -0.05) is 35.4 Å². The number of hydrogen-bond acceptors (Lipinski definition) is 3. The summed E-state index contributed by atoms with van der Waals surface area (Å²) in [6, 6.07) is 1.73. The molecule has 0 radical (unpaired) electrons. The van der Waals surface area contributed by atoms with E-state index >= 15 is 0 Å². The fraction of sp³-hybridized carbons (Fsp3) is 0.385. The molecule has 1 aromatic heterocycles. The van der Waals surface area contributed by atoms with E-state index in [1.165, 1.54) is 0 Å². The van der Waals surface area contributed by atoms with Crippen LogP contribution in [-0.2, 0) is 4.74 Å². The maximum absolute atomic E-state index is 11.4. The van der Waals surface area contributed by atoms with Gasteiger partial charge in [-0.15, -0.1) is 0 Å². The summed E-state index contributed by atoms with van der Waals surface area (Å²) in [5.74, 6) is 0. The van der Waals surface area contributed by atoms with E-state index in [9.17, 15) is 4.79 Å². The van der Waals surface area contributed by atoms with Crippen LogP contribution in [0.15, 0.2) is 18.3 Å². The van der Waals surface area contributed by atoms with Crippen LogP contribution in [0.4, 0.5) is 4.79 Å². The second kappa shape index (κ2) is 6.78. The van der Waals surface area contributed by atoms with E-state index in [0.29, 0.717) is 11.6 Å². The van der Waals surface area contributed by atoms with E-state index < -0.39 is 11.7 Å². The number of nitrogens with zero attached hydrogens (tertiary/aromatic N) is 1. The zero-order valence-corrected chi connectivity index (χ0v) is 12.5. The van der Waals surface area contributed by atoms with Gasteiger partial charge in [-0.05, 0) is 32.4 Å². The van der Waals surface area contributed by atoms with Crippen molar-refractivity contribution in [2.75, 3.05) is 6.54 Å². The largest absolute Gasteiger partial charge is 0.444 e. The van der Waals surface area contributed by atoms with E-state index in [-0.39, 0.29) is 5.15 Å². The quantitative estimate of drug-likeness (QED) is 0.861. The Morgan fingerprint density at radius 3 is 2.79 bits per heavy atom. The first-order chi connectivity index (χ1) is 8.79. The third kappa shape index (κ3) is 5.94. The topological polar surface area (TPSA) is 51.2 Å². The van der Waals surface area contributed by atoms with Crippen molar-refractivity contribution in [1.82, 2.24) is 10.3 Å². The Balaban J connectivity index is 2.47. The van der Waals surface area contributed by atoms with E-state index in [1.54, 1.807) is 45.2 Å². The van der Waals surface area contributed by atoms with Gasteiger partial charge in [-0.2, -0.15) is 0 Å². The van der Waals surface area contributed by atoms with Gasteiger partial charge in [0, 0.05) is 12.7 Å². The second-order valence-electron chi connectivity index (χ2n) is 4.79. The zero-order chi connectivity index (χ0) is 14.5. The van der Waals surface area contributed by atoms with E-state index in [2.05, 4.69) is 10.3 Å². The molecule has 0 saturated carbocycles. The second-order valence-corrected chi connectivity index (χ2v) is 5.53. The highest BCUT2D eigenvalue weighted by molar-refractivity contribution is 6.42. The Labute approximate surface area is 122 Å². The summed E-state index contributed by atoms with van der Waals surface area (Å²) in [4.78, 5) is 15.2. The van der Waals surface area contributed by atoms with Crippen LogP contribution in [0.25, 0.3) is 6.08 Å². The summed E-state index contributed by atoms with van der Waals surface area (Å²) >= 11 is 11.7. The van der Waals surface area contributed by atoms with Crippen LogP contribution in [0, 0.1) is 0 Å². The predicted molar refractivity (Wildman–Crippen MR) is 77.5 cm³/mol. The fourth-order valence-electron chi connectivity index (χ4n) is 1.20. The number of carbonyl (C=O) groups is 1. The molecule has 1 rings (SSSR count). The lowest BCUT2D eigenvalue weighted by atomic mass is 10.2. The van der Waals surface area contributed by atoms with Crippen molar-refractivity contribution in [3.8, 4) is 0 Å². The number of hydrogen-bond donors (Lipinski definition) is 1. The van der Waals surface area contributed by atoms with Crippen LogP contribution in [0.5, 0.6) is 0 Å². The molecular weight excluding hydrogens is 287 g/mol. The minimum Gasteiger partial charge on any atom is -0.444 e. The highest BCUT2D eigenvalue weighted by Crippen LogP contribution is 2.23. The van der Waals surface area contributed by atoms with Crippen LogP contribution >= 0.6 is 23.2 Å². The van der Waals surface area contributed by atoms with Crippen LogP contribution < -0.4 is 5.32 Å². The summed E-state index contributed by atoms with van der Waals surface area (Å²) < 4.78 is 5.09. The Bertz CT molecular complexity index is 482. The lowest BCUT2D eigenvalue weighted by molar-refractivity contribution is 0.0534. The number of ether oxygens (including phenoxy) is 1. The standard InChI is InChI=1S/C13H16Cl2N2O2/c1-13(2,3)19-12(18)17-7-4-5-9-6-8-16-11(15)10(9)14/h4-6,8H,7H2,1-3H3,(H,17,18). The molecule has 4 nitrogen and oxygen atoms in total. The maximum atomic E-state index is 11.4. The first-order valence-electron chi connectivity index (χ1n) is 5.73. The van der Waals surface area contributed by atoms with Crippen molar-refractivity contribution in [3.63, 3.8) is 0 Å². The molecule has 0 spiro atoms. The van der Waals surface area contributed by atoms with Gasteiger partial charge in [0.25, 0.3) is 0 Å². The first kappa shape index (κ1) is 15.8. The van der Waals surface area contributed by atoms with Crippen LogP contribution in [0.3, 0.4) is 0 Å². The maximum Gasteiger partial charge on any atom is 0.407 e. The molecule has 19 heavy (non-hydrogen) atoms. The summed E-state index contributed by atoms with van der Waals surface area (Å²) in [6.45, 7) is 5.76. The summed E-state index contributed by atoms with van der Waals surface area (Å²) in [5, 5.41) is 3.24. The molecule has 0 unspecified atom stereocenters. The molecular formula is C13H16Cl2N2O2. The van der Waals surface area contributed by atoms with Crippen LogP contribution in [0.2, 0.25) is 10.2 Å². The molecule has 0 aromatic carbocycles. The van der Waals surface area contributed by atoms with Gasteiger partial charge in [-0.3, -0.25) is 0 Å². The molecule has 1 N–H and O–H groups in total. The molecule has 0 atom stereocenters. The van der Waals surface area contributed by atoms with Crippen LogP contribution in [-0.4, -0.2) is 23.2 Å². The number of pyridine rings is 1. The van der Waals surface area contributed by atoms with E-state index in [1.807, 2.05) is 0 Å². The summed E-state index contributed by atoms with van der Waals surface area (Å²) in [6.07, 6.45) is 4.61. The summed E-state index contributed by atoms with van der Waals surface area (Å²) in [5.41, 5.74) is 0.239.